The molecule has 0 aromatic heterocycles. The summed E-state index contributed by atoms with van der Waals surface area (Å²) >= 11 is 0. The molecule has 1 N–H and O–H groups in total. The van der Waals surface area contributed by atoms with Crippen LogP contribution in [0.15, 0.2) is 0 Å². The van der Waals surface area contributed by atoms with Crippen LogP contribution >= 0.6 is 0 Å². The summed E-state index contributed by atoms with van der Waals surface area (Å²) in [6.45, 7) is 8.79. The number of piperazine rings is 1. The van der Waals surface area contributed by atoms with Gasteiger partial charge in [0.2, 0.25) is 0 Å². The first-order valence-electron chi connectivity index (χ1n) is 6.64. The molecule has 0 bridgehead atoms. The molecule has 1 aliphatic carbocycles. The summed E-state index contributed by atoms with van der Waals surface area (Å²) < 4.78 is 0. The largest absolute Gasteiger partial charge is 0.480 e. The Morgan fingerprint density at radius 3 is 2.41 bits per heavy atom. The predicted molar refractivity (Wildman–Crippen MR) is 67.1 cm³/mol. The van der Waals surface area contributed by atoms with E-state index in [4.69, 9.17) is 5.11 Å². The van der Waals surface area contributed by atoms with Crippen molar-refractivity contribution in [2.75, 3.05) is 32.7 Å². The lowest BCUT2D eigenvalue weighted by Crippen LogP contribution is -2.50. The molecule has 4 nitrogen and oxygen atoms in total. The first-order chi connectivity index (χ1) is 7.96. The van der Waals surface area contributed by atoms with Crippen LogP contribution in [0.4, 0.5) is 0 Å². The maximum Gasteiger partial charge on any atom is 0.317 e. The number of carbonyl (C=O) groups is 1. The van der Waals surface area contributed by atoms with Crippen molar-refractivity contribution in [1.29, 1.82) is 0 Å². The minimum Gasteiger partial charge on any atom is -0.480 e. The van der Waals surface area contributed by atoms with Gasteiger partial charge in [-0.2, -0.15) is 0 Å². The number of carboxylic acids is 1. The van der Waals surface area contributed by atoms with E-state index in [2.05, 4.69) is 18.7 Å². The van der Waals surface area contributed by atoms with Gasteiger partial charge in [-0.1, -0.05) is 13.8 Å². The van der Waals surface area contributed by atoms with E-state index < -0.39 is 5.97 Å². The summed E-state index contributed by atoms with van der Waals surface area (Å²) in [5.41, 5.74) is 0.503. The zero-order valence-corrected chi connectivity index (χ0v) is 11.0. The lowest BCUT2D eigenvalue weighted by atomic mass is 9.91. The van der Waals surface area contributed by atoms with Gasteiger partial charge in [-0.05, 0) is 24.7 Å². The third kappa shape index (κ3) is 3.42. The molecule has 1 saturated carbocycles. The lowest BCUT2D eigenvalue weighted by Gasteiger charge is -2.37. The molecule has 1 unspecified atom stereocenters. The number of nitrogens with zero attached hydrogens (tertiary/aromatic N) is 2. The minimum atomic E-state index is -0.708. The molecule has 2 aliphatic rings. The Kier molecular flexibility index (Phi) is 3.73. The number of hydrogen-bond donors (Lipinski definition) is 1. The molecule has 2 rings (SSSR count). The second-order valence-electron chi connectivity index (χ2n) is 6.27. The highest BCUT2D eigenvalue weighted by atomic mass is 16.4. The van der Waals surface area contributed by atoms with Crippen molar-refractivity contribution in [2.24, 2.45) is 5.41 Å². The van der Waals surface area contributed by atoms with Crippen LogP contribution in [0.5, 0.6) is 0 Å². The quantitative estimate of drug-likeness (QED) is 0.807. The van der Waals surface area contributed by atoms with Gasteiger partial charge in [-0.15, -0.1) is 0 Å². The van der Waals surface area contributed by atoms with E-state index in [1.54, 1.807) is 0 Å². The fourth-order valence-corrected chi connectivity index (χ4v) is 3.19. The molecule has 0 spiro atoms. The fraction of sp³-hybridized carbons (Fsp3) is 0.923. The van der Waals surface area contributed by atoms with Crippen LogP contribution in [0, 0.1) is 5.41 Å². The van der Waals surface area contributed by atoms with Gasteiger partial charge < -0.3 is 5.11 Å². The van der Waals surface area contributed by atoms with Gasteiger partial charge >= 0.3 is 5.97 Å². The van der Waals surface area contributed by atoms with Crippen LogP contribution in [0.1, 0.15) is 33.1 Å². The van der Waals surface area contributed by atoms with Gasteiger partial charge in [0.25, 0.3) is 0 Å². The normalized spacial score (nSPS) is 30.6. The highest BCUT2D eigenvalue weighted by molar-refractivity contribution is 5.69. The van der Waals surface area contributed by atoms with Gasteiger partial charge in [0, 0.05) is 32.2 Å². The molecule has 1 aliphatic heterocycles. The Morgan fingerprint density at radius 1 is 1.29 bits per heavy atom. The van der Waals surface area contributed by atoms with E-state index in [1.165, 1.54) is 19.3 Å². The second-order valence-corrected chi connectivity index (χ2v) is 6.27. The summed E-state index contributed by atoms with van der Waals surface area (Å²) in [6.07, 6.45) is 3.94. The van der Waals surface area contributed by atoms with Crippen molar-refractivity contribution >= 4 is 5.97 Å². The Morgan fingerprint density at radius 2 is 1.94 bits per heavy atom. The molecule has 2 fully saturated rings. The van der Waals surface area contributed by atoms with Gasteiger partial charge in [0.05, 0.1) is 6.54 Å². The van der Waals surface area contributed by atoms with E-state index in [0.717, 1.165) is 32.2 Å². The molecular weight excluding hydrogens is 216 g/mol. The summed E-state index contributed by atoms with van der Waals surface area (Å²) in [6, 6.07) is 0.733. The molecule has 98 valence electrons. The monoisotopic (exact) mass is 240 g/mol. The molecule has 17 heavy (non-hydrogen) atoms. The van der Waals surface area contributed by atoms with Crippen molar-refractivity contribution in [2.45, 2.75) is 39.2 Å². The smallest absolute Gasteiger partial charge is 0.317 e. The Bertz CT molecular complexity index is 283. The number of rotatable bonds is 3. The van der Waals surface area contributed by atoms with Gasteiger partial charge in [-0.25, -0.2) is 0 Å². The standard InChI is InChI=1S/C13H24N2O2/c1-13(2)4-3-11(9-13)15-7-5-14(6-8-15)10-12(16)17/h11H,3-10H2,1-2H3,(H,16,17). The fourth-order valence-electron chi connectivity index (χ4n) is 3.19. The summed E-state index contributed by atoms with van der Waals surface area (Å²) in [4.78, 5) is 15.2. The summed E-state index contributed by atoms with van der Waals surface area (Å²) in [5, 5.41) is 8.76. The number of hydrogen-bond acceptors (Lipinski definition) is 3. The van der Waals surface area contributed by atoms with Gasteiger partial charge in [0.15, 0.2) is 0 Å². The molecule has 4 heteroatoms. The van der Waals surface area contributed by atoms with Crippen LogP contribution in [0.2, 0.25) is 0 Å². The first kappa shape index (κ1) is 12.8. The van der Waals surface area contributed by atoms with E-state index in [9.17, 15) is 4.79 Å². The second kappa shape index (κ2) is 4.94. The van der Waals surface area contributed by atoms with E-state index in [1.807, 2.05) is 4.90 Å². The molecule has 1 heterocycles. The van der Waals surface area contributed by atoms with Crippen molar-refractivity contribution < 1.29 is 9.90 Å². The summed E-state index contributed by atoms with van der Waals surface area (Å²) in [5.74, 6) is -0.708. The van der Waals surface area contributed by atoms with Crippen LogP contribution in [-0.4, -0.2) is 59.6 Å². The average molecular weight is 240 g/mol. The van der Waals surface area contributed by atoms with Gasteiger partial charge in [0.1, 0.15) is 0 Å². The maximum absolute atomic E-state index is 10.6. The van der Waals surface area contributed by atoms with Crippen molar-refractivity contribution in [3.63, 3.8) is 0 Å². The van der Waals surface area contributed by atoms with Crippen molar-refractivity contribution in [3.05, 3.63) is 0 Å². The zero-order chi connectivity index (χ0) is 12.5. The topological polar surface area (TPSA) is 43.8 Å². The number of carboxylic acid groups (broad SMARTS) is 1. The van der Waals surface area contributed by atoms with Crippen LogP contribution < -0.4 is 0 Å². The predicted octanol–water partition coefficient (Wildman–Crippen LogP) is 1.27. The highest BCUT2D eigenvalue weighted by Crippen LogP contribution is 2.39. The lowest BCUT2D eigenvalue weighted by molar-refractivity contribution is -0.138. The molecule has 0 aromatic carbocycles. The molecular formula is C13H24N2O2. The SMILES string of the molecule is CC1(C)CCC(N2CCN(CC(=O)O)CC2)C1. The van der Waals surface area contributed by atoms with Crippen LogP contribution in [0.3, 0.4) is 0 Å². The van der Waals surface area contributed by atoms with Crippen molar-refractivity contribution in [1.82, 2.24) is 9.80 Å². The van der Waals surface area contributed by atoms with Crippen molar-refractivity contribution in [3.8, 4) is 0 Å². The molecule has 1 atom stereocenters. The molecule has 0 amide bonds. The summed E-state index contributed by atoms with van der Waals surface area (Å²) in [7, 11) is 0. The van der Waals surface area contributed by atoms with E-state index in [-0.39, 0.29) is 6.54 Å². The molecule has 0 aromatic rings. The molecule has 0 radical (unpaired) electrons. The Hall–Kier alpha value is -0.610. The minimum absolute atomic E-state index is 0.198. The third-order valence-corrected chi connectivity index (χ3v) is 4.22. The first-order valence-corrected chi connectivity index (χ1v) is 6.64. The Balaban J connectivity index is 1.78. The number of aliphatic carboxylic acids is 1. The average Bonchev–Trinajstić information content (AvgIpc) is 2.59. The highest BCUT2D eigenvalue weighted by Gasteiger charge is 2.35. The zero-order valence-electron chi connectivity index (χ0n) is 11.0. The third-order valence-electron chi connectivity index (χ3n) is 4.22. The van der Waals surface area contributed by atoms with Crippen LogP contribution in [0.25, 0.3) is 0 Å². The Labute approximate surface area is 104 Å². The maximum atomic E-state index is 10.6. The van der Waals surface area contributed by atoms with Gasteiger partial charge in [-0.3, -0.25) is 14.6 Å². The van der Waals surface area contributed by atoms with Crippen LogP contribution in [-0.2, 0) is 4.79 Å². The molecule has 1 saturated heterocycles. The van der Waals surface area contributed by atoms with E-state index >= 15 is 0 Å². The van der Waals surface area contributed by atoms with E-state index in [0.29, 0.717) is 5.41 Å².